The minimum atomic E-state index is -1.35. The van der Waals surface area contributed by atoms with Gasteiger partial charge >= 0.3 is 11.9 Å². The number of methoxy groups -OCH3 is 1. The lowest BCUT2D eigenvalue weighted by molar-refractivity contribution is 0.0672. The van der Waals surface area contributed by atoms with Gasteiger partial charge in [0.15, 0.2) is 23.0 Å². The number of halogens is 1. The van der Waals surface area contributed by atoms with Crippen molar-refractivity contribution >= 4 is 11.9 Å². The summed E-state index contributed by atoms with van der Waals surface area (Å²) in [7, 11) is 1.55. The second kappa shape index (κ2) is 9.85. The molecule has 0 aliphatic rings. The minimum Gasteiger partial charge on any atom is -0.489 e. The third-order valence-corrected chi connectivity index (χ3v) is 2.48. The van der Waals surface area contributed by atoms with E-state index in [1.165, 1.54) is 18.5 Å². The highest BCUT2D eigenvalue weighted by Gasteiger charge is 2.11. The third-order valence-electron chi connectivity index (χ3n) is 2.48. The van der Waals surface area contributed by atoms with Crippen molar-refractivity contribution < 1.29 is 33.7 Å². The van der Waals surface area contributed by atoms with Gasteiger partial charge in [-0.15, -0.1) is 0 Å². The van der Waals surface area contributed by atoms with E-state index < -0.39 is 23.4 Å². The first-order chi connectivity index (χ1) is 11.5. The second-order valence-corrected chi connectivity index (χ2v) is 4.14. The van der Waals surface area contributed by atoms with Crippen molar-refractivity contribution in [2.75, 3.05) is 20.3 Å². The van der Waals surface area contributed by atoms with E-state index in [1.807, 2.05) is 0 Å². The van der Waals surface area contributed by atoms with Crippen LogP contribution in [0.1, 0.15) is 21.0 Å². The molecule has 0 atom stereocenters. The van der Waals surface area contributed by atoms with E-state index in [0.29, 0.717) is 13.2 Å². The Morgan fingerprint density at radius 2 is 1.62 bits per heavy atom. The molecule has 2 rings (SSSR count). The predicted molar refractivity (Wildman–Crippen MR) is 79.7 cm³/mol. The summed E-state index contributed by atoms with van der Waals surface area (Å²) in [6, 6.07) is 5.57. The van der Waals surface area contributed by atoms with Crippen molar-refractivity contribution in [1.82, 2.24) is 9.97 Å². The molecule has 0 fully saturated rings. The number of rotatable bonds is 6. The number of hydrogen-bond donors (Lipinski definition) is 2. The standard InChI is InChI=1S/C9H11NO4.C6H4FNO2/c1-13-5-6-14-7-3-2-4-10-8(7)9(11)12;7-4-2-1-3-8-5(4)6(9)10/h2-4H,5-6H2,1H3,(H,11,12);1-3H,(H,9,10). The van der Waals surface area contributed by atoms with Gasteiger partial charge in [0, 0.05) is 19.5 Å². The van der Waals surface area contributed by atoms with Crippen LogP contribution in [0.25, 0.3) is 0 Å². The fourth-order valence-corrected chi connectivity index (χ4v) is 1.45. The molecule has 0 saturated heterocycles. The van der Waals surface area contributed by atoms with Crippen LogP contribution in [0.5, 0.6) is 5.75 Å². The molecule has 2 aromatic rings. The molecule has 8 nitrogen and oxygen atoms in total. The van der Waals surface area contributed by atoms with Crippen molar-refractivity contribution in [1.29, 1.82) is 0 Å². The molecule has 0 aromatic carbocycles. The van der Waals surface area contributed by atoms with E-state index in [-0.39, 0.29) is 11.4 Å². The average molecular weight is 338 g/mol. The molecule has 2 aromatic heterocycles. The number of hydrogen-bond acceptors (Lipinski definition) is 6. The summed E-state index contributed by atoms with van der Waals surface area (Å²) < 4.78 is 22.3. The lowest BCUT2D eigenvalue weighted by Gasteiger charge is -2.06. The summed E-state index contributed by atoms with van der Waals surface area (Å²) in [6.07, 6.45) is 2.64. The van der Waals surface area contributed by atoms with Gasteiger partial charge in [0.25, 0.3) is 0 Å². The number of carboxylic acid groups (broad SMARTS) is 2. The fraction of sp³-hybridized carbons (Fsp3) is 0.200. The first-order valence-corrected chi connectivity index (χ1v) is 6.61. The lowest BCUT2D eigenvalue weighted by atomic mass is 10.3. The number of aromatic nitrogens is 2. The molecule has 0 spiro atoms. The first-order valence-electron chi connectivity index (χ1n) is 6.61. The zero-order valence-electron chi connectivity index (χ0n) is 12.7. The van der Waals surface area contributed by atoms with E-state index in [2.05, 4.69) is 9.97 Å². The van der Waals surface area contributed by atoms with Crippen molar-refractivity contribution in [2.45, 2.75) is 0 Å². The molecule has 9 heteroatoms. The maximum absolute atomic E-state index is 12.4. The SMILES string of the molecule is COCCOc1cccnc1C(=O)O.O=C(O)c1ncccc1F. The van der Waals surface area contributed by atoms with Crippen molar-refractivity contribution in [3.05, 3.63) is 53.9 Å². The highest BCUT2D eigenvalue weighted by atomic mass is 19.1. The molecular weight excluding hydrogens is 323 g/mol. The van der Waals surface area contributed by atoms with Crippen LogP contribution in [0.3, 0.4) is 0 Å². The Kier molecular flexibility index (Phi) is 7.79. The molecule has 0 unspecified atom stereocenters. The molecule has 0 aliphatic heterocycles. The van der Waals surface area contributed by atoms with Crippen molar-refractivity contribution in [3.8, 4) is 5.75 Å². The Morgan fingerprint density at radius 3 is 2.12 bits per heavy atom. The van der Waals surface area contributed by atoms with E-state index >= 15 is 0 Å². The lowest BCUT2D eigenvalue weighted by Crippen LogP contribution is -2.09. The topological polar surface area (TPSA) is 119 Å². The first kappa shape index (κ1) is 19.0. The maximum atomic E-state index is 12.4. The molecular formula is C15H15FN2O6. The zero-order valence-corrected chi connectivity index (χ0v) is 12.7. The van der Waals surface area contributed by atoms with Crippen molar-refractivity contribution in [3.63, 3.8) is 0 Å². The van der Waals surface area contributed by atoms with E-state index in [4.69, 9.17) is 19.7 Å². The molecule has 2 N–H and O–H groups in total. The summed E-state index contributed by atoms with van der Waals surface area (Å²) in [5, 5.41) is 17.0. The molecule has 0 radical (unpaired) electrons. The number of carboxylic acids is 2. The summed E-state index contributed by atoms with van der Waals surface area (Å²) in [6.45, 7) is 0.719. The average Bonchev–Trinajstić information content (AvgIpc) is 2.56. The molecule has 0 amide bonds. The quantitative estimate of drug-likeness (QED) is 0.764. The van der Waals surface area contributed by atoms with Gasteiger partial charge in [-0.2, -0.15) is 0 Å². The number of carbonyl (C=O) groups is 2. The van der Waals surface area contributed by atoms with E-state index in [9.17, 15) is 14.0 Å². The highest BCUT2D eigenvalue weighted by molar-refractivity contribution is 5.88. The van der Waals surface area contributed by atoms with Gasteiger partial charge in [-0.3, -0.25) is 0 Å². The zero-order chi connectivity index (χ0) is 17.9. The molecule has 0 saturated carbocycles. The van der Waals surface area contributed by atoms with Crippen LogP contribution < -0.4 is 4.74 Å². The van der Waals surface area contributed by atoms with E-state index in [1.54, 1.807) is 19.2 Å². The maximum Gasteiger partial charge on any atom is 0.358 e. The van der Waals surface area contributed by atoms with Gasteiger partial charge in [-0.25, -0.2) is 23.9 Å². The Morgan fingerprint density at radius 1 is 1.04 bits per heavy atom. The van der Waals surface area contributed by atoms with Gasteiger partial charge in [-0.05, 0) is 24.3 Å². The Bertz CT molecular complexity index is 695. The summed E-state index contributed by atoms with van der Waals surface area (Å²) in [4.78, 5) is 27.8. The van der Waals surface area contributed by atoms with Crippen LogP contribution in [0.4, 0.5) is 4.39 Å². The molecule has 0 aliphatic carbocycles. The smallest absolute Gasteiger partial charge is 0.358 e. The largest absolute Gasteiger partial charge is 0.489 e. The molecule has 2 heterocycles. The van der Waals surface area contributed by atoms with Gasteiger partial charge in [0.1, 0.15) is 6.61 Å². The minimum absolute atomic E-state index is 0.0800. The number of ether oxygens (including phenoxy) is 2. The summed E-state index contributed by atoms with van der Waals surface area (Å²) in [5.41, 5.74) is -0.619. The van der Waals surface area contributed by atoms with Crippen LogP contribution in [-0.2, 0) is 4.74 Å². The van der Waals surface area contributed by atoms with Crippen LogP contribution in [-0.4, -0.2) is 52.4 Å². The highest BCUT2D eigenvalue weighted by Crippen LogP contribution is 2.14. The summed E-state index contributed by atoms with van der Waals surface area (Å²) in [5.74, 6) is -3.00. The third kappa shape index (κ3) is 5.97. The van der Waals surface area contributed by atoms with Crippen LogP contribution in [0.2, 0.25) is 0 Å². The van der Waals surface area contributed by atoms with Crippen LogP contribution in [0.15, 0.2) is 36.7 Å². The van der Waals surface area contributed by atoms with Crippen molar-refractivity contribution in [2.24, 2.45) is 0 Å². The molecule has 128 valence electrons. The number of nitrogens with zero attached hydrogens (tertiary/aromatic N) is 2. The number of pyridine rings is 2. The van der Waals surface area contributed by atoms with Gasteiger partial charge in [-0.1, -0.05) is 0 Å². The second-order valence-electron chi connectivity index (χ2n) is 4.14. The molecule has 0 bridgehead atoms. The Hall–Kier alpha value is -3.07. The van der Waals surface area contributed by atoms with Gasteiger partial charge < -0.3 is 19.7 Å². The van der Waals surface area contributed by atoms with Gasteiger partial charge in [0.05, 0.1) is 6.61 Å². The van der Waals surface area contributed by atoms with Crippen LogP contribution in [0, 0.1) is 5.82 Å². The monoisotopic (exact) mass is 338 g/mol. The number of aromatic carboxylic acids is 2. The Labute approximate surface area is 136 Å². The molecule has 24 heavy (non-hydrogen) atoms. The van der Waals surface area contributed by atoms with Gasteiger partial charge in [0.2, 0.25) is 0 Å². The normalized spacial score (nSPS) is 9.58. The van der Waals surface area contributed by atoms with E-state index in [0.717, 1.165) is 6.07 Å². The summed E-state index contributed by atoms with van der Waals surface area (Å²) >= 11 is 0. The predicted octanol–water partition coefficient (Wildman–Crippen LogP) is 1.72. The van der Waals surface area contributed by atoms with Crippen LogP contribution >= 0.6 is 0 Å². The fourth-order valence-electron chi connectivity index (χ4n) is 1.45. The Balaban J connectivity index is 0.000000254.